The summed E-state index contributed by atoms with van der Waals surface area (Å²) in [5.74, 6) is -1.13. The molecule has 4 rings (SSSR count). The van der Waals surface area contributed by atoms with Crippen molar-refractivity contribution in [1.82, 2.24) is 4.98 Å². The van der Waals surface area contributed by atoms with Crippen molar-refractivity contribution >= 4 is 57.8 Å². The summed E-state index contributed by atoms with van der Waals surface area (Å²) in [7, 11) is 0. The summed E-state index contributed by atoms with van der Waals surface area (Å²) in [4.78, 5) is 16.6. The number of anilines is 1. The molecule has 0 fully saturated rings. The molecule has 4 aromatic rings. The first-order valence-corrected chi connectivity index (χ1v) is 10.9. The average molecular weight is 491 g/mol. The van der Waals surface area contributed by atoms with Gasteiger partial charge in [-0.2, -0.15) is 0 Å². The second kappa shape index (κ2) is 8.86. The fourth-order valence-electron chi connectivity index (χ4n) is 3.11. The maximum Gasteiger partial charge on any atom is 0.336 e. The number of hydrogen-bond acceptors (Lipinski definition) is 5. The van der Waals surface area contributed by atoms with Gasteiger partial charge in [-0.15, -0.1) is 11.3 Å². The SMILES string of the molecule is O=C(O)c1cc(-c2nc(-c3ccc(Cl)c(Cl)c3)cs2)ccc1-c1cc(Cl)ccc1N[O-]. The first kappa shape index (κ1) is 21.6. The highest BCUT2D eigenvalue weighted by molar-refractivity contribution is 7.13. The van der Waals surface area contributed by atoms with E-state index in [4.69, 9.17) is 34.8 Å². The number of aromatic nitrogens is 1. The molecule has 2 N–H and O–H groups in total. The highest BCUT2D eigenvalue weighted by atomic mass is 35.5. The predicted molar refractivity (Wildman–Crippen MR) is 127 cm³/mol. The first-order chi connectivity index (χ1) is 14.9. The number of carboxylic acids is 1. The van der Waals surface area contributed by atoms with E-state index in [1.807, 2.05) is 16.9 Å². The molecule has 156 valence electrons. The number of nitrogens with one attached hydrogen (secondary N) is 1. The van der Waals surface area contributed by atoms with Gasteiger partial charge in [0.25, 0.3) is 0 Å². The molecule has 0 aliphatic carbocycles. The summed E-state index contributed by atoms with van der Waals surface area (Å²) >= 11 is 19.5. The van der Waals surface area contributed by atoms with Crippen LogP contribution < -0.4 is 5.48 Å². The number of halogens is 3. The van der Waals surface area contributed by atoms with E-state index in [0.717, 1.165) is 5.56 Å². The van der Waals surface area contributed by atoms with Crippen molar-refractivity contribution < 1.29 is 9.90 Å². The molecule has 0 radical (unpaired) electrons. The van der Waals surface area contributed by atoms with Gasteiger partial charge >= 0.3 is 5.97 Å². The summed E-state index contributed by atoms with van der Waals surface area (Å²) in [6.45, 7) is 0. The van der Waals surface area contributed by atoms with Gasteiger partial charge in [0.15, 0.2) is 0 Å². The predicted octanol–water partition coefficient (Wildman–Crippen LogP) is 7.71. The Hall–Kier alpha value is -2.61. The molecule has 0 unspecified atom stereocenters. The van der Waals surface area contributed by atoms with Crippen LogP contribution in [-0.4, -0.2) is 16.1 Å². The van der Waals surface area contributed by atoms with E-state index in [1.54, 1.807) is 36.4 Å². The van der Waals surface area contributed by atoms with Crippen molar-refractivity contribution in [1.29, 1.82) is 0 Å². The van der Waals surface area contributed by atoms with Crippen LogP contribution in [0.2, 0.25) is 15.1 Å². The summed E-state index contributed by atoms with van der Waals surface area (Å²) in [6, 6.07) is 14.8. The Balaban J connectivity index is 1.77. The van der Waals surface area contributed by atoms with Gasteiger partial charge in [0, 0.05) is 32.8 Å². The number of hydrogen-bond donors (Lipinski definition) is 2. The number of rotatable bonds is 5. The Morgan fingerprint density at radius 2 is 1.71 bits per heavy atom. The maximum absolute atomic E-state index is 12.0. The zero-order valence-electron chi connectivity index (χ0n) is 15.5. The van der Waals surface area contributed by atoms with Crippen molar-refractivity contribution in [3.63, 3.8) is 0 Å². The molecule has 9 heteroatoms. The van der Waals surface area contributed by atoms with E-state index >= 15 is 0 Å². The van der Waals surface area contributed by atoms with Gasteiger partial charge in [0.1, 0.15) is 5.01 Å². The van der Waals surface area contributed by atoms with Crippen molar-refractivity contribution in [2.45, 2.75) is 0 Å². The molecule has 1 aromatic heterocycles. The quantitative estimate of drug-likeness (QED) is 0.280. The van der Waals surface area contributed by atoms with Crippen LogP contribution in [0.5, 0.6) is 0 Å². The average Bonchev–Trinajstić information content (AvgIpc) is 3.25. The van der Waals surface area contributed by atoms with Gasteiger partial charge in [-0.3, -0.25) is 0 Å². The highest BCUT2D eigenvalue weighted by Gasteiger charge is 2.17. The van der Waals surface area contributed by atoms with Gasteiger partial charge in [-0.1, -0.05) is 53.0 Å². The summed E-state index contributed by atoms with van der Waals surface area (Å²) in [5.41, 5.74) is 5.01. The Morgan fingerprint density at radius 3 is 2.42 bits per heavy atom. The molecule has 0 saturated carbocycles. The maximum atomic E-state index is 12.0. The van der Waals surface area contributed by atoms with Crippen LogP contribution in [0.4, 0.5) is 5.69 Å². The van der Waals surface area contributed by atoms with E-state index in [0.29, 0.717) is 42.5 Å². The zero-order valence-corrected chi connectivity index (χ0v) is 18.6. The van der Waals surface area contributed by atoms with Gasteiger partial charge < -0.3 is 15.8 Å². The molecule has 0 bridgehead atoms. The van der Waals surface area contributed by atoms with Gasteiger partial charge in [-0.05, 0) is 42.0 Å². The lowest BCUT2D eigenvalue weighted by molar-refractivity contribution is 0.0698. The molecular weight excluding hydrogens is 479 g/mol. The van der Waals surface area contributed by atoms with Crippen LogP contribution in [-0.2, 0) is 0 Å². The third kappa shape index (κ3) is 4.39. The minimum atomic E-state index is -1.13. The largest absolute Gasteiger partial charge is 0.761 e. The Morgan fingerprint density at radius 1 is 0.935 bits per heavy atom. The molecule has 31 heavy (non-hydrogen) atoms. The molecule has 0 aliphatic heterocycles. The normalized spacial score (nSPS) is 10.8. The summed E-state index contributed by atoms with van der Waals surface area (Å²) in [6.07, 6.45) is 0. The molecule has 0 amide bonds. The second-order valence-electron chi connectivity index (χ2n) is 6.52. The third-order valence-electron chi connectivity index (χ3n) is 4.60. The van der Waals surface area contributed by atoms with Gasteiger partial charge in [-0.25, -0.2) is 9.78 Å². The van der Waals surface area contributed by atoms with Crippen molar-refractivity contribution in [3.05, 3.63) is 85.8 Å². The fraction of sp³-hybridized carbons (Fsp3) is 0. The zero-order chi connectivity index (χ0) is 22.1. The lowest BCUT2D eigenvalue weighted by Gasteiger charge is -2.17. The number of carbonyl (C=O) groups is 1. The number of aromatic carboxylic acids is 1. The smallest absolute Gasteiger partial charge is 0.336 e. The molecule has 3 aromatic carbocycles. The number of carboxylic acid groups (broad SMARTS) is 1. The highest BCUT2D eigenvalue weighted by Crippen LogP contribution is 2.37. The molecule has 0 spiro atoms. The van der Waals surface area contributed by atoms with Crippen molar-refractivity contribution in [2.75, 3.05) is 5.48 Å². The number of nitrogens with zero attached hydrogens (tertiary/aromatic N) is 1. The molecular formula is C22H12Cl3N2O3S-. The van der Waals surface area contributed by atoms with Crippen LogP contribution in [0.25, 0.3) is 33.0 Å². The van der Waals surface area contributed by atoms with Crippen LogP contribution in [0.1, 0.15) is 10.4 Å². The van der Waals surface area contributed by atoms with E-state index in [9.17, 15) is 15.1 Å². The van der Waals surface area contributed by atoms with Crippen LogP contribution in [0.15, 0.2) is 60.0 Å². The van der Waals surface area contributed by atoms with Crippen LogP contribution >= 0.6 is 46.1 Å². The van der Waals surface area contributed by atoms with Gasteiger partial charge in [0.05, 0.1) is 21.3 Å². The van der Waals surface area contributed by atoms with Crippen LogP contribution in [0, 0.1) is 5.21 Å². The number of benzene rings is 3. The monoisotopic (exact) mass is 489 g/mol. The van der Waals surface area contributed by atoms with E-state index in [-0.39, 0.29) is 11.3 Å². The molecule has 1 heterocycles. The lowest BCUT2D eigenvalue weighted by atomic mass is 9.96. The van der Waals surface area contributed by atoms with Crippen molar-refractivity contribution in [3.8, 4) is 33.0 Å². The number of thiazole rings is 1. The minimum Gasteiger partial charge on any atom is -0.761 e. The molecule has 0 saturated heterocycles. The van der Waals surface area contributed by atoms with E-state index in [1.165, 1.54) is 23.5 Å². The summed E-state index contributed by atoms with van der Waals surface area (Å²) in [5, 5.41) is 24.9. The fourth-order valence-corrected chi connectivity index (χ4v) is 4.41. The van der Waals surface area contributed by atoms with Crippen LogP contribution in [0.3, 0.4) is 0 Å². The minimum absolute atomic E-state index is 0.0301. The summed E-state index contributed by atoms with van der Waals surface area (Å²) < 4.78 is 0. The van der Waals surface area contributed by atoms with E-state index in [2.05, 4.69) is 4.98 Å². The first-order valence-electron chi connectivity index (χ1n) is 8.84. The Kier molecular flexibility index (Phi) is 6.18. The molecule has 0 atom stereocenters. The standard InChI is InChI=1S/C22H12Cl3N2O3S/c23-13-3-6-19(27-30)15(9-13)14-4-1-12(7-16(14)22(28)29)21-26-20(10-31-21)11-2-5-17(24)18(25)8-11/h1-10,27H,(H,28,29)/q-1. The Labute approximate surface area is 196 Å². The lowest BCUT2D eigenvalue weighted by Crippen LogP contribution is -2.01. The third-order valence-corrected chi connectivity index (χ3v) is 6.46. The molecule has 5 nitrogen and oxygen atoms in total. The second-order valence-corrected chi connectivity index (χ2v) is 8.63. The van der Waals surface area contributed by atoms with E-state index < -0.39 is 5.97 Å². The Bertz CT molecular complexity index is 1310. The topological polar surface area (TPSA) is 85.3 Å². The van der Waals surface area contributed by atoms with Gasteiger partial charge in [0.2, 0.25) is 0 Å². The van der Waals surface area contributed by atoms with Crippen molar-refractivity contribution in [2.24, 2.45) is 0 Å². The molecule has 0 aliphatic rings.